The van der Waals surface area contributed by atoms with Crippen LogP contribution in [0.15, 0.2) is 24.3 Å². The molecule has 0 spiro atoms. The Hall–Kier alpha value is -3.16. The summed E-state index contributed by atoms with van der Waals surface area (Å²) in [7, 11) is 2.99. The zero-order chi connectivity index (χ0) is 18.8. The van der Waals surface area contributed by atoms with Crippen LogP contribution in [0.4, 0.5) is 5.69 Å². The van der Waals surface area contributed by atoms with E-state index in [1.165, 1.54) is 11.8 Å². The highest BCUT2D eigenvalue weighted by molar-refractivity contribution is 6.00. The first-order chi connectivity index (χ1) is 12.4. The average molecular weight is 355 g/mol. The van der Waals surface area contributed by atoms with Crippen LogP contribution in [0.25, 0.3) is 10.9 Å². The lowest BCUT2D eigenvalue weighted by Gasteiger charge is -2.07. The smallest absolute Gasteiger partial charge is 0.360 e. The summed E-state index contributed by atoms with van der Waals surface area (Å²) in [5.74, 6) is -0.804. The first kappa shape index (κ1) is 17.7. The number of para-hydroxylation sites is 1. The highest BCUT2D eigenvalue weighted by Gasteiger charge is 2.22. The van der Waals surface area contributed by atoms with Crippen LogP contribution in [-0.2, 0) is 23.1 Å². The molecule has 0 bridgehead atoms. The average Bonchev–Trinajstić information content (AvgIpc) is 3.11. The number of nitrogens with zero attached hydrogens (tertiary/aromatic N) is 4. The van der Waals surface area contributed by atoms with Gasteiger partial charge in [0, 0.05) is 18.9 Å². The lowest BCUT2D eigenvalue weighted by atomic mass is 10.2. The largest absolute Gasteiger partial charge is 0.464 e. The SMILES string of the molecule is COC(=O)c1nn(C)c(C)c1NC(=O)CCn1nc(C)c2ccccc21. The van der Waals surface area contributed by atoms with Gasteiger partial charge in [0.1, 0.15) is 0 Å². The van der Waals surface area contributed by atoms with E-state index in [0.29, 0.717) is 17.9 Å². The van der Waals surface area contributed by atoms with E-state index in [1.807, 2.05) is 35.9 Å². The van der Waals surface area contributed by atoms with Crippen molar-refractivity contribution < 1.29 is 14.3 Å². The lowest BCUT2D eigenvalue weighted by molar-refractivity contribution is -0.116. The van der Waals surface area contributed by atoms with Gasteiger partial charge in [0.25, 0.3) is 0 Å². The second-order valence-corrected chi connectivity index (χ2v) is 6.05. The highest BCUT2D eigenvalue weighted by Crippen LogP contribution is 2.21. The molecule has 0 radical (unpaired) electrons. The molecule has 2 aromatic heterocycles. The fourth-order valence-corrected chi connectivity index (χ4v) is 2.87. The standard InChI is InChI=1S/C18H21N5O3/c1-11-13-7-5-6-8-14(13)23(20-11)10-9-15(24)19-16-12(2)22(3)21-17(16)18(25)26-4/h5-8H,9-10H2,1-4H3,(H,19,24). The summed E-state index contributed by atoms with van der Waals surface area (Å²) in [5.41, 5.74) is 3.08. The number of benzene rings is 1. The fraction of sp³-hybridized carbons (Fsp3) is 0.333. The number of aromatic nitrogens is 4. The zero-order valence-corrected chi connectivity index (χ0v) is 15.2. The molecule has 0 aliphatic rings. The first-order valence-corrected chi connectivity index (χ1v) is 8.26. The Labute approximate surface area is 150 Å². The van der Waals surface area contributed by atoms with E-state index in [4.69, 9.17) is 4.74 Å². The number of nitrogens with one attached hydrogen (secondary N) is 1. The molecular weight excluding hydrogens is 334 g/mol. The molecule has 0 saturated carbocycles. The Morgan fingerprint density at radius 1 is 1.19 bits per heavy atom. The predicted molar refractivity (Wildman–Crippen MR) is 97.0 cm³/mol. The van der Waals surface area contributed by atoms with Crippen LogP contribution in [0.2, 0.25) is 0 Å². The molecule has 136 valence electrons. The van der Waals surface area contributed by atoms with Gasteiger partial charge >= 0.3 is 5.97 Å². The summed E-state index contributed by atoms with van der Waals surface area (Å²) >= 11 is 0. The minimum absolute atomic E-state index is 0.0984. The van der Waals surface area contributed by atoms with Crippen molar-refractivity contribution in [2.24, 2.45) is 7.05 Å². The highest BCUT2D eigenvalue weighted by atomic mass is 16.5. The minimum Gasteiger partial charge on any atom is -0.464 e. The number of carbonyl (C=O) groups is 2. The van der Waals surface area contributed by atoms with Crippen LogP contribution in [-0.4, -0.2) is 38.5 Å². The van der Waals surface area contributed by atoms with Crippen LogP contribution in [0.1, 0.15) is 28.3 Å². The van der Waals surface area contributed by atoms with Gasteiger partial charge in [0.2, 0.25) is 5.91 Å². The van der Waals surface area contributed by atoms with Gasteiger partial charge in [-0.05, 0) is 19.9 Å². The Balaban J connectivity index is 1.75. The van der Waals surface area contributed by atoms with E-state index in [1.54, 1.807) is 14.0 Å². The summed E-state index contributed by atoms with van der Waals surface area (Å²) < 4.78 is 8.08. The molecule has 3 aromatic rings. The second-order valence-electron chi connectivity index (χ2n) is 6.05. The van der Waals surface area contributed by atoms with Crippen molar-refractivity contribution in [2.75, 3.05) is 12.4 Å². The number of carbonyl (C=O) groups excluding carboxylic acids is 2. The van der Waals surface area contributed by atoms with E-state index in [9.17, 15) is 9.59 Å². The Morgan fingerprint density at radius 2 is 1.92 bits per heavy atom. The summed E-state index contributed by atoms with van der Waals surface area (Å²) in [5, 5.41) is 12.5. The number of rotatable bonds is 5. The van der Waals surface area contributed by atoms with Crippen LogP contribution in [0, 0.1) is 13.8 Å². The van der Waals surface area contributed by atoms with E-state index in [2.05, 4.69) is 15.5 Å². The van der Waals surface area contributed by atoms with Crippen LogP contribution < -0.4 is 5.32 Å². The van der Waals surface area contributed by atoms with E-state index in [-0.39, 0.29) is 18.0 Å². The van der Waals surface area contributed by atoms with E-state index in [0.717, 1.165) is 16.6 Å². The lowest BCUT2D eigenvalue weighted by Crippen LogP contribution is -2.17. The molecular formula is C18H21N5O3. The van der Waals surface area contributed by atoms with Crippen molar-refractivity contribution >= 4 is 28.5 Å². The molecule has 2 heterocycles. The third kappa shape index (κ3) is 3.17. The zero-order valence-electron chi connectivity index (χ0n) is 15.2. The molecule has 0 aliphatic heterocycles. The van der Waals surface area contributed by atoms with E-state index >= 15 is 0 Å². The molecule has 1 N–H and O–H groups in total. The molecule has 0 atom stereocenters. The fourth-order valence-electron chi connectivity index (χ4n) is 2.87. The molecule has 0 fully saturated rings. The molecule has 0 unspecified atom stereocenters. The molecule has 8 nitrogen and oxygen atoms in total. The Bertz CT molecular complexity index is 986. The normalized spacial score (nSPS) is 10.9. The van der Waals surface area contributed by atoms with Crippen LogP contribution in [0.3, 0.4) is 0 Å². The van der Waals surface area contributed by atoms with Crippen molar-refractivity contribution in [1.29, 1.82) is 0 Å². The maximum absolute atomic E-state index is 12.4. The third-order valence-electron chi connectivity index (χ3n) is 4.37. The monoisotopic (exact) mass is 355 g/mol. The molecule has 1 amide bonds. The molecule has 26 heavy (non-hydrogen) atoms. The first-order valence-electron chi connectivity index (χ1n) is 8.26. The molecule has 0 saturated heterocycles. The van der Waals surface area contributed by atoms with Crippen molar-refractivity contribution in [3.05, 3.63) is 41.3 Å². The van der Waals surface area contributed by atoms with Gasteiger partial charge in [-0.3, -0.25) is 14.2 Å². The summed E-state index contributed by atoms with van der Waals surface area (Å²) in [6, 6.07) is 7.90. The Morgan fingerprint density at radius 3 is 2.65 bits per heavy atom. The maximum atomic E-state index is 12.4. The summed E-state index contributed by atoms with van der Waals surface area (Å²) in [4.78, 5) is 24.3. The topological polar surface area (TPSA) is 91.0 Å². The number of anilines is 1. The second kappa shape index (κ2) is 6.99. The number of methoxy groups -OCH3 is 1. The summed E-state index contributed by atoms with van der Waals surface area (Å²) in [6.45, 7) is 4.16. The van der Waals surface area contributed by atoms with Gasteiger partial charge < -0.3 is 10.1 Å². The van der Waals surface area contributed by atoms with E-state index < -0.39 is 5.97 Å². The van der Waals surface area contributed by atoms with Crippen molar-refractivity contribution in [2.45, 2.75) is 26.8 Å². The maximum Gasteiger partial charge on any atom is 0.360 e. The molecule has 8 heteroatoms. The van der Waals surface area contributed by atoms with Crippen molar-refractivity contribution in [3.63, 3.8) is 0 Å². The van der Waals surface area contributed by atoms with Gasteiger partial charge in [-0.25, -0.2) is 4.79 Å². The number of amides is 1. The minimum atomic E-state index is -0.585. The quantitative estimate of drug-likeness (QED) is 0.709. The van der Waals surface area contributed by atoms with Gasteiger partial charge in [0.05, 0.1) is 36.2 Å². The van der Waals surface area contributed by atoms with Crippen molar-refractivity contribution in [3.8, 4) is 0 Å². The number of hydrogen-bond acceptors (Lipinski definition) is 5. The van der Waals surface area contributed by atoms with Gasteiger partial charge in [-0.2, -0.15) is 10.2 Å². The predicted octanol–water partition coefficient (Wildman–Crippen LogP) is 2.20. The Kier molecular flexibility index (Phi) is 4.75. The molecule has 1 aromatic carbocycles. The number of fused-ring (bicyclic) bond motifs is 1. The number of ether oxygens (including phenoxy) is 1. The van der Waals surface area contributed by atoms with Crippen LogP contribution in [0.5, 0.6) is 0 Å². The molecule has 0 aliphatic carbocycles. The van der Waals surface area contributed by atoms with Gasteiger partial charge in [0.15, 0.2) is 5.69 Å². The van der Waals surface area contributed by atoms with Crippen molar-refractivity contribution in [1.82, 2.24) is 19.6 Å². The molecule has 3 rings (SSSR count). The van der Waals surface area contributed by atoms with Gasteiger partial charge in [-0.1, -0.05) is 18.2 Å². The number of aryl methyl sites for hydroxylation is 3. The third-order valence-corrected chi connectivity index (χ3v) is 4.37. The van der Waals surface area contributed by atoms with Gasteiger partial charge in [-0.15, -0.1) is 0 Å². The van der Waals surface area contributed by atoms with Crippen LogP contribution >= 0.6 is 0 Å². The number of esters is 1. The summed E-state index contributed by atoms with van der Waals surface area (Å²) in [6.07, 6.45) is 0.222. The number of hydrogen-bond donors (Lipinski definition) is 1.